The van der Waals surface area contributed by atoms with Crippen molar-refractivity contribution in [1.82, 2.24) is 0 Å². The molecule has 2 rings (SSSR count). The molecule has 2 aromatic carbocycles. The Morgan fingerprint density at radius 2 is 1.82 bits per heavy atom. The van der Waals surface area contributed by atoms with E-state index in [1.807, 2.05) is 0 Å². The average Bonchev–Trinajstić information content (AvgIpc) is 2.46. The second-order valence-electron chi connectivity index (χ2n) is 5.12. The Bertz CT molecular complexity index is 759. The molecule has 0 radical (unpaired) electrons. The van der Waals surface area contributed by atoms with Gasteiger partial charge in [0.25, 0.3) is 5.69 Å². The predicted molar refractivity (Wildman–Crippen MR) is 86.4 cm³/mol. The van der Waals surface area contributed by atoms with Gasteiger partial charge in [-0.25, -0.2) is 0 Å². The molecule has 1 unspecified atom stereocenters. The van der Waals surface area contributed by atoms with Crippen LogP contribution in [0.2, 0.25) is 10.0 Å². The van der Waals surface area contributed by atoms with E-state index in [9.17, 15) is 15.4 Å². The number of nitriles is 1. The number of nitrogens with zero attached hydrogens (tertiary/aromatic N) is 2. The van der Waals surface area contributed by atoms with Gasteiger partial charge in [-0.3, -0.25) is 10.1 Å². The molecule has 0 N–H and O–H groups in total. The third-order valence-electron chi connectivity index (χ3n) is 3.63. The molecule has 0 aliphatic heterocycles. The molecule has 22 heavy (non-hydrogen) atoms. The van der Waals surface area contributed by atoms with Crippen molar-refractivity contribution in [2.24, 2.45) is 0 Å². The fraction of sp³-hybridized carbons (Fsp3) is 0.188. The van der Waals surface area contributed by atoms with E-state index in [2.05, 4.69) is 6.07 Å². The SMILES string of the molecule is Cc1cc([N+](=O)[O-])cc(Cl)c1C(C)(C#N)c1ccc(Cl)cc1. The van der Waals surface area contributed by atoms with Crippen LogP contribution in [0.3, 0.4) is 0 Å². The maximum atomic E-state index is 10.9. The number of non-ortho nitro benzene ring substituents is 1. The van der Waals surface area contributed by atoms with Crippen LogP contribution in [0.5, 0.6) is 0 Å². The lowest BCUT2D eigenvalue weighted by Crippen LogP contribution is -2.23. The number of halogens is 2. The van der Waals surface area contributed by atoms with Crippen molar-refractivity contribution >= 4 is 28.9 Å². The second kappa shape index (κ2) is 5.96. The van der Waals surface area contributed by atoms with Crippen molar-refractivity contribution in [3.05, 3.63) is 73.2 Å². The number of rotatable bonds is 3. The highest BCUT2D eigenvalue weighted by atomic mass is 35.5. The molecule has 0 amide bonds. The number of hydrogen-bond acceptors (Lipinski definition) is 3. The van der Waals surface area contributed by atoms with Crippen LogP contribution in [-0.4, -0.2) is 4.92 Å². The fourth-order valence-corrected chi connectivity index (χ4v) is 3.09. The van der Waals surface area contributed by atoms with E-state index in [-0.39, 0.29) is 10.7 Å². The van der Waals surface area contributed by atoms with Crippen LogP contribution in [0.4, 0.5) is 5.69 Å². The quantitative estimate of drug-likeness (QED) is 0.583. The maximum Gasteiger partial charge on any atom is 0.271 e. The highest BCUT2D eigenvalue weighted by molar-refractivity contribution is 6.32. The summed E-state index contributed by atoms with van der Waals surface area (Å²) in [5.41, 5.74) is 0.754. The number of benzene rings is 2. The minimum Gasteiger partial charge on any atom is -0.258 e. The van der Waals surface area contributed by atoms with Crippen molar-refractivity contribution in [2.75, 3.05) is 0 Å². The molecular formula is C16H12Cl2N2O2. The first-order valence-electron chi connectivity index (χ1n) is 6.42. The zero-order valence-corrected chi connectivity index (χ0v) is 13.4. The summed E-state index contributed by atoms with van der Waals surface area (Å²) in [6.45, 7) is 3.44. The summed E-state index contributed by atoms with van der Waals surface area (Å²) in [5.74, 6) is 0. The van der Waals surface area contributed by atoms with Gasteiger partial charge < -0.3 is 0 Å². The Kier molecular flexibility index (Phi) is 4.41. The van der Waals surface area contributed by atoms with Gasteiger partial charge in [-0.2, -0.15) is 5.26 Å². The summed E-state index contributed by atoms with van der Waals surface area (Å²) in [6, 6.07) is 11.9. The van der Waals surface area contributed by atoms with Crippen LogP contribution in [0.25, 0.3) is 0 Å². The lowest BCUT2D eigenvalue weighted by atomic mass is 9.75. The minimum absolute atomic E-state index is 0.0948. The zero-order chi connectivity index (χ0) is 16.5. The Balaban J connectivity index is 2.69. The van der Waals surface area contributed by atoms with Crippen LogP contribution in [0.1, 0.15) is 23.6 Å². The molecule has 6 heteroatoms. The molecular weight excluding hydrogens is 323 g/mol. The van der Waals surface area contributed by atoms with Crippen LogP contribution in [0.15, 0.2) is 36.4 Å². The average molecular weight is 335 g/mol. The molecule has 4 nitrogen and oxygen atoms in total. The van der Waals surface area contributed by atoms with Gasteiger partial charge in [0.15, 0.2) is 0 Å². The molecule has 0 fully saturated rings. The third kappa shape index (κ3) is 2.78. The van der Waals surface area contributed by atoms with Crippen molar-refractivity contribution in [1.29, 1.82) is 5.26 Å². The standard InChI is InChI=1S/C16H12Cl2N2O2/c1-10-7-13(20(21)22)8-14(18)15(10)16(2,9-19)11-3-5-12(17)6-4-11/h3-8H,1-2H3. The van der Waals surface area contributed by atoms with Gasteiger partial charge in [0.05, 0.1) is 16.0 Å². The maximum absolute atomic E-state index is 10.9. The topological polar surface area (TPSA) is 66.9 Å². The molecule has 0 aromatic heterocycles. The van der Waals surface area contributed by atoms with E-state index in [0.717, 1.165) is 5.56 Å². The molecule has 0 spiro atoms. The van der Waals surface area contributed by atoms with E-state index in [1.165, 1.54) is 12.1 Å². The first-order chi connectivity index (χ1) is 10.3. The van der Waals surface area contributed by atoms with Gasteiger partial charge in [0, 0.05) is 17.2 Å². The Labute approximate surface area is 138 Å². The van der Waals surface area contributed by atoms with Gasteiger partial charge in [-0.15, -0.1) is 0 Å². The number of nitro benzene ring substituents is 1. The summed E-state index contributed by atoms with van der Waals surface area (Å²) in [4.78, 5) is 10.4. The second-order valence-corrected chi connectivity index (χ2v) is 5.96. The first-order valence-corrected chi connectivity index (χ1v) is 7.17. The molecule has 2 aromatic rings. The summed E-state index contributed by atoms with van der Waals surface area (Å²) in [6.07, 6.45) is 0. The van der Waals surface area contributed by atoms with Crippen LogP contribution >= 0.6 is 23.2 Å². The Morgan fingerprint density at radius 3 is 2.27 bits per heavy atom. The van der Waals surface area contributed by atoms with E-state index in [4.69, 9.17) is 23.2 Å². The van der Waals surface area contributed by atoms with Crippen LogP contribution < -0.4 is 0 Å². The van der Waals surface area contributed by atoms with Gasteiger partial charge in [-0.05, 0) is 42.7 Å². The van der Waals surface area contributed by atoms with E-state index in [0.29, 0.717) is 16.1 Å². The van der Waals surface area contributed by atoms with Crippen LogP contribution in [-0.2, 0) is 5.41 Å². The van der Waals surface area contributed by atoms with Crippen molar-refractivity contribution < 1.29 is 4.92 Å². The Morgan fingerprint density at radius 1 is 1.23 bits per heavy atom. The molecule has 0 bridgehead atoms. The first kappa shape index (κ1) is 16.3. The highest BCUT2D eigenvalue weighted by Crippen LogP contribution is 2.40. The number of hydrogen-bond donors (Lipinski definition) is 0. The highest BCUT2D eigenvalue weighted by Gasteiger charge is 2.33. The van der Waals surface area contributed by atoms with E-state index in [1.54, 1.807) is 38.1 Å². The van der Waals surface area contributed by atoms with Gasteiger partial charge in [0.1, 0.15) is 5.41 Å². The van der Waals surface area contributed by atoms with E-state index < -0.39 is 10.3 Å². The van der Waals surface area contributed by atoms with Crippen molar-refractivity contribution in [3.63, 3.8) is 0 Å². The summed E-state index contributed by atoms with van der Waals surface area (Å²) in [7, 11) is 0. The monoisotopic (exact) mass is 334 g/mol. The van der Waals surface area contributed by atoms with Crippen LogP contribution in [0, 0.1) is 28.4 Å². The summed E-state index contributed by atoms with van der Waals surface area (Å²) >= 11 is 12.1. The molecule has 0 aliphatic rings. The molecule has 0 saturated carbocycles. The molecule has 0 heterocycles. The third-order valence-corrected chi connectivity index (χ3v) is 4.18. The summed E-state index contributed by atoms with van der Waals surface area (Å²) in [5, 5.41) is 21.4. The molecule has 1 atom stereocenters. The predicted octanol–water partition coefficient (Wildman–Crippen LogP) is 5.04. The van der Waals surface area contributed by atoms with Crippen molar-refractivity contribution in [3.8, 4) is 6.07 Å². The normalized spacial score (nSPS) is 13.2. The Hall–Kier alpha value is -2.09. The number of aryl methyl sites for hydroxylation is 1. The van der Waals surface area contributed by atoms with Gasteiger partial charge in [-0.1, -0.05) is 35.3 Å². The zero-order valence-electron chi connectivity index (χ0n) is 11.9. The number of nitro groups is 1. The largest absolute Gasteiger partial charge is 0.271 e. The molecule has 112 valence electrons. The fourth-order valence-electron chi connectivity index (χ4n) is 2.51. The lowest BCUT2D eigenvalue weighted by molar-refractivity contribution is -0.384. The molecule has 0 aliphatic carbocycles. The van der Waals surface area contributed by atoms with Gasteiger partial charge in [0.2, 0.25) is 0 Å². The van der Waals surface area contributed by atoms with Crippen molar-refractivity contribution in [2.45, 2.75) is 19.3 Å². The lowest BCUT2D eigenvalue weighted by Gasteiger charge is -2.26. The molecule has 0 saturated heterocycles. The smallest absolute Gasteiger partial charge is 0.258 e. The van der Waals surface area contributed by atoms with E-state index >= 15 is 0 Å². The van der Waals surface area contributed by atoms with Gasteiger partial charge >= 0.3 is 0 Å². The minimum atomic E-state index is -1.03. The summed E-state index contributed by atoms with van der Waals surface area (Å²) < 4.78 is 0.